The maximum atomic E-state index is 11.3. The van der Waals surface area contributed by atoms with E-state index in [1.807, 2.05) is 24.3 Å². The lowest BCUT2D eigenvalue weighted by molar-refractivity contribution is -0.125. The highest BCUT2D eigenvalue weighted by molar-refractivity contribution is 6.28. The molecule has 2 rings (SSSR count). The molecular formula is C13H15ClN4O. The van der Waals surface area contributed by atoms with Gasteiger partial charge in [0.05, 0.1) is 10.9 Å². The highest BCUT2D eigenvalue weighted by atomic mass is 35.5. The van der Waals surface area contributed by atoms with Gasteiger partial charge in [0.2, 0.25) is 11.2 Å². The molecular weight excluding hydrogens is 264 g/mol. The number of halogens is 1. The van der Waals surface area contributed by atoms with Crippen molar-refractivity contribution < 1.29 is 4.79 Å². The van der Waals surface area contributed by atoms with Gasteiger partial charge in [-0.3, -0.25) is 4.79 Å². The number of amides is 1. The van der Waals surface area contributed by atoms with E-state index in [9.17, 15) is 4.79 Å². The van der Waals surface area contributed by atoms with Crippen molar-refractivity contribution in [2.75, 3.05) is 11.9 Å². The summed E-state index contributed by atoms with van der Waals surface area (Å²) in [5.41, 5.74) is 5.42. The van der Waals surface area contributed by atoms with Crippen molar-refractivity contribution in [2.45, 2.75) is 13.8 Å². The SMILES string of the molecule is CC(C)(CNc1nc(Cl)nc2ccccc12)C(N)=O. The maximum Gasteiger partial charge on any atom is 0.224 e. The summed E-state index contributed by atoms with van der Waals surface area (Å²) in [7, 11) is 0. The lowest BCUT2D eigenvalue weighted by Crippen LogP contribution is -2.37. The summed E-state index contributed by atoms with van der Waals surface area (Å²) in [6, 6.07) is 7.52. The van der Waals surface area contributed by atoms with Gasteiger partial charge >= 0.3 is 0 Å². The zero-order chi connectivity index (χ0) is 14.0. The molecule has 3 N–H and O–H groups in total. The van der Waals surface area contributed by atoms with Crippen LogP contribution in [0.2, 0.25) is 5.28 Å². The highest BCUT2D eigenvalue weighted by Gasteiger charge is 2.25. The van der Waals surface area contributed by atoms with E-state index in [1.165, 1.54) is 0 Å². The normalized spacial score (nSPS) is 11.5. The molecule has 5 nitrogen and oxygen atoms in total. The summed E-state index contributed by atoms with van der Waals surface area (Å²) in [6.07, 6.45) is 0. The van der Waals surface area contributed by atoms with Crippen LogP contribution in [0.15, 0.2) is 24.3 Å². The predicted octanol–water partition coefficient (Wildman–Crippen LogP) is 2.21. The van der Waals surface area contributed by atoms with Gasteiger partial charge in [-0.15, -0.1) is 0 Å². The monoisotopic (exact) mass is 278 g/mol. The third-order valence-electron chi connectivity index (χ3n) is 2.94. The van der Waals surface area contributed by atoms with Gasteiger partial charge in [-0.05, 0) is 37.6 Å². The lowest BCUT2D eigenvalue weighted by atomic mass is 9.93. The molecule has 19 heavy (non-hydrogen) atoms. The van der Waals surface area contributed by atoms with Crippen LogP contribution in [0.4, 0.5) is 5.82 Å². The number of nitrogens with two attached hydrogens (primary N) is 1. The Morgan fingerprint density at radius 1 is 1.37 bits per heavy atom. The number of benzene rings is 1. The largest absolute Gasteiger partial charge is 0.369 e. The molecule has 0 unspecified atom stereocenters. The first-order valence-electron chi connectivity index (χ1n) is 5.86. The van der Waals surface area contributed by atoms with Crippen molar-refractivity contribution in [1.82, 2.24) is 9.97 Å². The van der Waals surface area contributed by atoms with Gasteiger partial charge in [0.25, 0.3) is 0 Å². The Hall–Kier alpha value is -1.88. The Labute approximate surface area is 116 Å². The molecule has 0 aliphatic heterocycles. The van der Waals surface area contributed by atoms with Crippen molar-refractivity contribution in [3.63, 3.8) is 0 Å². The van der Waals surface area contributed by atoms with Crippen molar-refractivity contribution in [3.05, 3.63) is 29.5 Å². The van der Waals surface area contributed by atoms with Gasteiger partial charge < -0.3 is 11.1 Å². The molecule has 0 radical (unpaired) electrons. The molecule has 0 saturated carbocycles. The van der Waals surface area contributed by atoms with Crippen LogP contribution in [0.1, 0.15) is 13.8 Å². The van der Waals surface area contributed by atoms with Gasteiger partial charge in [-0.25, -0.2) is 9.97 Å². The topological polar surface area (TPSA) is 80.9 Å². The zero-order valence-electron chi connectivity index (χ0n) is 10.8. The van der Waals surface area contributed by atoms with Gasteiger partial charge in [0.1, 0.15) is 5.82 Å². The van der Waals surface area contributed by atoms with Crippen LogP contribution in [-0.4, -0.2) is 22.4 Å². The summed E-state index contributed by atoms with van der Waals surface area (Å²) in [5, 5.41) is 4.13. The van der Waals surface area contributed by atoms with E-state index < -0.39 is 5.41 Å². The van der Waals surface area contributed by atoms with Crippen LogP contribution in [0, 0.1) is 5.41 Å². The second kappa shape index (κ2) is 5.01. The van der Waals surface area contributed by atoms with E-state index >= 15 is 0 Å². The number of carbonyl (C=O) groups is 1. The molecule has 2 aromatic rings. The second-order valence-electron chi connectivity index (χ2n) is 4.96. The molecule has 1 aromatic heterocycles. The van der Waals surface area contributed by atoms with Crippen molar-refractivity contribution >= 4 is 34.2 Å². The molecule has 0 aliphatic carbocycles. The molecule has 0 fully saturated rings. The van der Waals surface area contributed by atoms with Crippen LogP contribution < -0.4 is 11.1 Å². The van der Waals surface area contributed by atoms with Gasteiger partial charge in [0, 0.05) is 11.9 Å². The lowest BCUT2D eigenvalue weighted by Gasteiger charge is -2.21. The Balaban J connectivity index is 2.33. The molecule has 0 atom stereocenters. The Kier molecular flexibility index (Phi) is 3.57. The minimum absolute atomic E-state index is 0.165. The standard InChI is InChI=1S/C13H15ClN4O/c1-13(2,11(15)19)7-16-10-8-5-3-4-6-9(8)17-12(14)18-10/h3-6H,7H2,1-2H3,(H2,15,19)(H,16,17,18). The number of hydrogen-bond acceptors (Lipinski definition) is 4. The average Bonchev–Trinajstić information content (AvgIpc) is 2.35. The third-order valence-corrected chi connectivity index (χ3v) is 3.11. The van der Waals surface area contributed by atoms with Crippen LogP contribution >= 0.6 is 11.6 Å². The first-order chi connectivity index (χ1) is 8.90. The van der Waals surface area contributed by atoms with Crippen LogP contribution in [0.5, 0.6) is 0 Å². The number of aromatic nitrogens is 2. The molecule has 0 spiro atoms. The predicted molar refractivity (Wildman–Crippen MR) is 76.0 cm³/mol. The molecule has 6 heteroatoms. The molecule has 0 aliphatic rings. The number of para-hydroxylation sites is 1. The maximum absolute atomic E-state index is 11.3. The third kappa shape index (κ3) is 2.93. The molecule has 1 heterocycles. The first kappa shape index (κ1) is 13.5. The van der Waals surface area contributed by atoms with E-state index in [-0.39, 0.29) is 11.2 Å². The van der Waals surface area contributed by atoms with E-state index in [1.54, 1.807) is 13.8 Å². The van der Waals surface area contributed by atoms with E-state index in [2.05, 4.69) is 15.3 Å². The smallest absolute Gasteiger partial charge is 0.224 e. The Morgan fingerprint density at radius 3 is 2.74 bits per heavy atom. The first-order valence-corrected chi connectivity index (χ1v) is 6.24. The number of nitrogens with one attached hydrogen (secondary N) is 1. The fourth-order valence-electron chi connectivity index (χ4n) is 1.57. The fourth-order valence-corrected chi connectivity index (χ4v) is 1.75. The molecule has 0 saturated heterocycles. The highest BCUT2D eigenvalue weighted by Crippen LogP contribution is 2.23. The Bertz CT molecular complexity index is 627. The summed E-state index contributed by atoms with van der Waals surface area (Å²) >= 11 is 5.88. The van der Waals surface area contributed by atoms with E-state index in [4.69, 9.17) is 17.3 Å². The van der Waals surface area contributed by atoms with Crippen LogP contribution in [0.25, 0.3) is 10.9 Å². The van der Waals surface area contributed by atoms with Gasteiger partial charge in [-0.2, -0.15) is 0 Å². The second-order valence-corrected chi connectivity index (χ2v) is 5.30. The van der Waals surface area contributed by atoms with Crippen LogP contribution in [0.3, 0.4) is 0 Å². The number of anilines is 1. The molecule has 1 amide bonds. The van der Waals surface area contributed by atoms with Gasteiger partial charge in [-0.1, -0.05) is 12.1 Å². The van der Waals surface area contributed by atoms with Crippen molar-refractivity contribution in [2.24, 2.45) is 11.1 Å². The number of primary amides is 1. The summed E-state index contributed by atoms with van der Waals surface area (Å²) in [5.74, 6) is 0.231. The minimum atomic E-state index is -0.668. The minimum Gasteiger partial charge on any atom is -0.369 e. The molecule has 100 valence electrons. The summed E-state index contributed by atoms with van der Waals surface area (Å²) < 4.78 is 0. The number of hydrogen-bond donors (Lipinski definition) is 2. The van der Waals surface area contributed by atoms with Crippen molar-refractivity contribution in [1.29, 1.82) is 0 Å². The fraction of sp³-hybridized carbons (Fsp3) is 0.308. The average molecular weight is 279 g/mol. The number of nitrogens with zero attached hydrogens (tertiary/aromatic N) is 2. The van der Waals surface area contributed by atoms with Crippen LogP contribution in [-0.2, 0) is 4.79 Å². The van der Waals surface area contributed by atoms with E-state index in [0.29, 0.717) is 12.4 Å². The molecule has 1 aromatic carbocycles. The van der Waals surface area contributed by atoms with Crippen molar-refractivity contribution in [3.8, 4) is 0 Å². The zero-order valence-corrected chi connectivity index (χ0v) is 11.5. The van der Waals surface area contributed by atoms with Gasteiger partial charge in [0.15, 0.2) is 0 Å². The number of fused-ring (bicyclic) bond motifs is 1. The summed E-state index contributed by atoms with van der Waals surface area (Å²) in [4.78, 5) is 19.6. The quantitative estimate of drug-likeness (QED) is 0.840. The Morgan fingerprint density at radius 2 is 2.05 bits per heavy atom. The molecule has 0 bridgehead atoms. The number of carbonyl (C=O) groups excluding carboxylic acids is 1. The number of rotatable bonds is 4. The van der Waals surface area contributed by atoms with E-state index in [0.717, 1.165) is 10.9 Å². The summed E-state index contributed by atoms with van der Waals surface area (Å²) in [6.45, 7) is 3.92.